The molecule has 2 heteroatoms. The van der Waals surface area contributed by atoms with E-state index in [0.717, 1.165) is 10.5 Å². The second-order valence-corrected chi connectivity index (χ2v) is 4.24. The zero-order chi connectivity index (χ0) is 8.55. The molecular weight excluding hydrogens is 214 g/mol. The highest BCUT2D eigenvalue weighted by atomic mass is 79.9. The summed E-state index contributed by atoms with van der Waals surface area (Å²) in [7, 11) is 2.17. The topological polar surface area (TPSA) is 3.24 Å². The molecule has 0 aromatic heterocycles. The molecule has 1 aromatic rings. The third-order valence-corrected chi connectivity index (χ3v) is 2.80. The van der Waals surface area contributed by atoms with Crippen LogP contribution >= 0.6 is 15.9 Å². The van der Waals surface area contributed by atoms with Gasteiger partial charge in [0, 0.05) is 23.2 Å². The van der Waals surface area contributed by atoms with Gasteiger partial charge in [0.1, 0.15) is 0 Å². The fourth-order valence-corrected chi connectivity index (χ4v) is 1.76. The van der Waals surface area contributed by atoms with Crippen LogP contribution in [0.2, 0.25) is 0 Å². The van der Waals surface area contributed by atoms with Crippen LogP contribution < -0.4 is 4.90 Å². The van der Waals surface area contributed by atoms with E-state index in [4.69, 9.17) is 0 Å². The van der Waals surface area contributed by atoms with Crippen molar-refractivity contribution >= 4 is 21.6 Å². The third kappa shape index (κ3) is 1.63. The maximum Gasteiger partial charge on any atom is 0.0377 e. The summed E-state index contributed by atoms with van der Waals surface area (Å²) in [6.45, 7) is 0. The lowest BCUT2D eigenvalue weighted by Crippen LogP contribution is -2.18. The van der Waals surface area contributed by atoms with E-state index in [1.54, 1.807) is 0 Å². The molecular formula is C10H12BrN. The maximum absolute atomic E-state index is 3.47. The first-order chi connectivity index (χ1) is 5.77. The first-order valence-corrected chi connectivity index (χ1v) is 5.05. The van der Waals surface area contributed by atoms with Crippen molar-refractivity contribution in [1.29, 1.82) is 0 Å². The summed E-state index contributed by atoms with van der Waals surface area (Å²) in [5, 5.41) is 0. The summed E-state index contributed by atoms with van der Waals surface area (Å²) in [5.74, 6) is 0. The lowest BCUT2D eigenvalue weighted by molar-refractivity contribution is 0.917. The Hall–Kier alpha value is -0.500. The van der Waals surface area contributed by atoms with Crippen LogP contribution in [0.3, 0.4) is 0 Å². The van der Waals surface area contributed by atoms with Gasteiger partial charge in [0.05, 0.1) is 0 Å². The molecule has 2 rings (SSSR count). The number of hydrogen-bond donors (Lipinski definition) is 0. The molecule has 64 valence electrons. The molecule has 0 atom stereocenters. The van der Waals surface area contributed by atoms with Crippen LogP contribution in [-0.2, 0) is 0 Å². The monoisotopic (exact) mass is 225 g/mol. The Balaban J connectivity index is 2.20. The molecule has 0 spiro atoms. The third-order valence-electron chi connectivity index (χ3n) is 2.31. The standard InChI is InChI=1S/C10H12BrN/c1-12(9-5-6-9)10-4-2-3-8(11)7-10/h2-4,7,9H,5-6H2,1H3. The van der Waals surface area contributed by atoms with Gasteiger partial charge in [-0.3, -0.25) is 0 Å². The molecule has 1 aliphatic rings. The highest BCUT2D eigenvalue weighted by Gasteiger charge is 2.26. The molecule has 0 unspecified atom stereocenters. The SMILES string of the molecule is CN(c1cccc(Br)c1)C1CC1. The van der Waals surface area contributed by atoms with Crippen molar-refractivity contribution in [1.82, 2.24) is 0 Å². The van der Waals surface area contributed by atoms with E-state index in [1.165, 1.54) is 18.5 Å². The molecule has 0 N–H and O–H groups in total. The van der Waals surface area contributed by atoms with E-state index in [9.17, 15) is 0 Å². The predicted octanol–water partition coefficient (Wildman–Crippen LogP) is 3.05. The highest BCUT2D eigenvalue weighted by Crippen LogP contribution is 2.30. The zero-order valence-electron chi connectivity index (χ0n) is 7.13. The fourth-order valence-electron chi connectivity index (χ4n) is 1.37. The van der Waals surface area contributed by atoms with Crippen LogP contribution in [0.1, 0.15) is 12.8 Å². The summed E-state index contributed by atoms with van der Waals surface area (Å²) in [4.78, 5) is 2.35. The summed E-state index contributed by atoms with van der Waals surface area (Å²) < 4.78 is 1.16. The maximum atomic E-state index is 3.47. The van der Waals surface area contributed by atoms with E-state index in [2.05, 4.69) is 52.1 Å². The Labute approximate surface area is 81.5 Å². The minimum Gasteiger partial charge on any atom is -0.372 e. The molecule has 0 saturated heterocycles. The number of rotatable bonds is 2. The summed E-state index contributed by atoms with van der Waals surface area (Å²) in [6, 6.07) is 9.25. The number of halogens is 1. The molecule has 0 amide bonds. The van der Waals surface area contributed by atoms with Crippen molar-refractivity contribution in [3.05, 3.63) is 28.7 Å². The van der Waals surface area contributed by atoms with Crippen LogP contribution in [-0.4, -0.2) is 13.1 Å². The van der Waals surface area contributed by atoms with Crippen molar-refractivity contribution < 1.29 is 0 Å². The van der Waals surface area contributed by atoms with Gasteiger partial charge < -0.3 is 4.90 Å². The number of benzene rings is 1. The lowest BCUT2D eigenvalue weighted by Gasteiger charge is -2.18. The van der Waals surface area contributed by atoms with Crippen LogP contribution in [0, 0.1) is 0 Å². The van der Waals surface area contributed by atoms with Crippen molar-refractivity contribution in [2.75, 3.05) is 11.9 Å². The second kappa shape index (κ2) is 3.09. The molecule has 0 aliphatic heterocycles. The van der Waals surface area contributed by atoms with Crippen molar-refractivity contribution in [2.24, 2.45) is 0 Å². The number of anilines is 1. The van der Waals surface area contributed by atoms with Gasteiger partial charge in [-0.05, 0) is 31.0 Å². The Morgan fingerprint density at radius 1 is 1.42 bits per heavy atom. The zero-order valence-corrected chi connectivity index (χ0v) is 8.71. The molecule has 1 aromatic carbocycles. The van der Waals surface area contributed by atoms with Gasteiger partial charge in [-0.15, -0.1) is 0 Å². The van der Waals surface area contributed by atoms with Crippen molar-refractivity contribution in [2.45, 2.75) is 18.9 Å². The Bertz CT molecular complexity index is 281. The van der Waals surface area contributed by atoms with Gasteiger partial charge in [0.15, 0.2) is 0 Å². The Morgan fingerprint density at radius 2 is 2.17 bits per heavy atom. The smallest absolute Gasteiger partial charge is 0.0377 e. The molecule has 0 heterocycles. The highest BCUT2D eigenvalue weighted by molar-refractivity contribution is 9.10. The van der Waals surface area contributed by atoms with Gasteiger partial charge in [-0.1, -0.05) is 22.0 Å². The normalized spacial score (nSPS) is 16.2. The summed E-state index contributed by atoms with van der Waals surface area (Å²) >= 11 is 3.47. The molecule has 1 fully saturated rings. The van der Waals surface area contributed by atoms with Gasteiger partial charge in [-0.2, -0.15) is 0 Å². The minimum absolute atomic E-state index is 0.791. The van der Waals surface area contributed by atoms with Crippen molar-refractivity contribution in [3.8, 4) is 0 Å². The molecule has 1 nitrogen and oxygen atoms in total. The van der Waals surface area contributed by atoms with Crippen LogP contribution in [0.25, 0.3) is 0 Å². The molecule has 1 aliphatic carbocycles. The van der Waals surface area contributed by atoms with Crippen molar-refractivity contribution in [3.63, 3.8) is 0 Å². The average molecular weight is 226 g/mol. The van der Waals surface area contributed by atoms with E-state index in [1.807, 2.05) is 0 Å². The molecule has 1 saturated carbocycles. The molecule has 0 radical (unpaired) electrons. The molecule has 12 heavy (non-hydrogen) atoms. The lowest BCUT2D eigenvalue weighted by atomic mass is 10.3. The van der Waals surface area contributed by atoms with E-state index in [0.29, 0.717) is 0 Å². The van der Waals surface area contributed by atoms with E-state index < -0.39 is 0 Å². The largest absolute Gasteiger partial charge is 0.372 e. The Kier molecular flexibility index (Phi) is 2.09. The van der Waals surface area contributed by atoms with Gasteiger partial charge in [0.2, 0.25) is 0 Å². The quantitative estimate of drug-likeness (QED) is 0.749. The first kappa shape index (κ1) is 8.11. The van der Waals surface area contributed by atoms with E-state index in [-0.39, 0.29) is 0 Å². The minimum atomic E-state index is 0.791. The summed E-state index contributed by atoms with van der Waals surface area (Å²) in [6.07, 6.45) is 2.70. The van der Waals surface area contributed by atoms with E-state index >= 15 is 0 Å². The number of nitrogens with zero attached hydrogens (tertiary/aromatic N) is 1. The summed E-state index contributed by atoms with van der Waals surface area (Å²) in [5.41, 5.74) is 1.31. The van der Waals surface area contributed by atoms with Gasteiger partial charge >= 0.3 is 0 Å². The molecule has 0 bridgehead atoms. The van der Waals surface area contributed by atoms with Crippen LogP contribution in [0.5, 0.6) is 0 Å². The predicted molar refractivity (Wildman–Crippen MR) is 55.6 cm³/mol. The average Bonchev–Trinajstić information content (AvgIpc) is 2.85. The number of hydrogen-bond acceptors (Lipinski definition) is 1. The van der Waals surface area contributed by atoms with Gasteiger partial charge in [-0.25, -0.2) is 0 Å². The van der Waals surface area contributed by atoms with Crippen LogP contribution in [0.4, 0.5) is 5.69 Å². The first-order valence-electron chi connectivity index (χ1n) is 4.26. The fraction of sp³-hybridized carbons (Fsp3) is 0.400. The van der Waals surface area contributed by atoms with Gasteiger partial charge in [0.25, 0.3) is 0 Å². The van der Waals surface area contributed by atoms with Crippen LogP contribution in [0.15, 0.2) is 28.7 Å². The Morgan fingerprint density at radius 3 is 2.75 bits per heavy atom. The second-order valence-electron chi connectivity index (χ2n) is 3.32.